The van der Waals surface area contributed by atoms with Crippen molar-refractivity contribution in [3.63, 3.8) is 0 Å². The highest BCUT2D eigenvalue weighted by molar-refractivity contribution is 6.28. The molecule has 0 saturated carbocycles. The van der Waals surface area contributed by atoms with Gasteiger partial charge in [-0.2, -0.15) is 0 Å². The van der Waals surface area contributed by atoms with Crippen molar-refractivity contribution in [1.82, 2.24) is 0 Å². The SMILES string of the molecule is COCCOCC(=O)O[Si]C. The van der Waals surface area contributed by atoms with Gasteiger partial charge in [0.2, 0.25) is 0 Å². The Hall–Kier alpha value is -0.393. The predicted octanol–water partition coefficient (Wildman–Crippen LogP) is -0.140. The van der Waals surface area contributed by atoms with Crippen LogP contribution in [0.1, 0.15) is 0 Å². The van der Waals surface area contributed by atoms with Gasteiger partial charge in [-0.05, 0) is 6.55 Å². The Morgan fingerprint density at radius 2 is 2.18 bits per heavy atom. The first-order valence-corrected chi connectivity index (χ1v) is 4.65. The van der Waals surface area contributed by atoms with E-state index >= 15 is 0 Å². The van der Waals surface area contributed by atoms with Crippen LogP contribution in [0, 0.1) is 0 Å². The van der Waals surface area contributed by atoms with E-state index in [4.69, 9.17) is 9.47 Å². The van der Waals surface area contributed by atoms with Gasteiger partial charge in [0.1, 0.15) is 6.61 Å². The van der Waals surface area contributed by atoms with E-state index in [1.54, 1.807) is 13.7 Å². The zero-order valence-corrected chi connectivity index (χ0v) is 7.75. The first-order valence-electron chi connectivity index (χ1n) is 3.24. The topological polar surface area (TPSA) is 44.8 Å². The summed E-state index contributed by atoms with van der Waals surface area (Å²) in [6, 6.07) is 0. The molecule has 0 atom stereocenters. The zero-order chi connectivity index (χ0) is 8.53. The molecule has 0 heterocycles. The number of rotatable bonds is 6. The molecule has 11 heavy (non-hydrogen) atoms. The lowest BCUT2D eigenvalue weighted by Crippen LogP contribution is -2.15. The van der Waals surface area contributed by atoms with E-state index in [1.807, 2.05) is 0 Å². The summed E-state index contributed by atoms with van der Waals surface area (Å²) in [5, 5.41) is 0. The van der Waals surface area contributed by atoms with Crippen LogP contribution in [0.5, 0.6) is 0 Å². The number of carbonyl (C=O) groups is 1. The zero-order valence-electron chi connectivity index (χ0n) is 6.75. The van der Waals surface area contributed by atoms with E-state index in [0.717, 1.165) is 0 Å². The smallest absolute Gasteiger partial charge is 0.318 e. The van der Waals surface area contributed by atoms with Gasteiger partial charge in [0.15, 0.2) is 0 Å². The van der Waals surface area contributed by atoms with Gasteiger partial charge in [-0.1, -0.05) is 0 Å². The molecule has 2 radical (unpaired) electrons. The molecule has 5 heteroatoms. The fourth-order valence-corrected chi connectivity index (χ4v) is 0.728. The summed E-state index contributed by atoms with van der Waals surface area (Å²) in [4.78, 5) is 10.6. The molecule has 0 bridgehead atoms. The normalized spacial score (nSPS) is 9.64. The molecule has 0 aliphatic heterocycles. The van der Waals surface area contributed by atoms with Crippen LogP contribution < -0.4 is 0 Å². The van der Waals surface area contributed by atoms with Crippen LogP contribution in [0.4, 0.5) is 0 Å². The van der Waals surface area contributed by atoms with Crippen LogP contribution in [-0.4, -0.2) is 42.7 Å². The Morgan fingerprint density at radius 3 is 2.73 bits per heavy atom. The number of methoxy groups -OCH3 is 1. The van der Waals surface area contributed by atoms with Gasteiger partial charge in [0.05, 0.1) is 13.2 Å². The highest BCUT2D eigenvalue weighted by atomic mass is 28.2. The maximum absolute atomic E-state index is 10.6. The highest BCUT2D eigenvalue weighted by Crippen LogP contribution is 1.80. The second kappa shape index (κ2) is 7.71. The number of hydrogen-bond acceptors (Lipinski definition) is 4. The van der Waals surface area contributed by atoms with Crippen LogP contribution in [0.15, 0.2) is 0 Å². The third kappa shape index (κ3) is 7.50. The van der Waals surface area contributed by atoms with Crippen LogP contribution in [0.3, 0.4) is 0 Å². The highest BCUT2D eigenvalue weighted by Gasteiger charge is 1.99. The number of ether oxygens (including phenoxy) is 2. The summed E-state index contributed by atoms with van der Waals surface area (Å²) in [7, 11) is 1.77. The summed E-state index contributed by atoms with van der Waals surface area (Å²) in [6.45, 7) is 2.73. The molecule has 0 spiro atoms. The van der Waals surface area contributed by atoms with Crippen LogP contribution in [-0.2, 0) is 18.7 Å². The monoisotopic (exact) mass is 176 g/mol. The van der Waals surface area contributed by atoms with E-state index in [0.29, 0.717) is 13.2 Å². The van der Waals surface area contributed by atoms with Crippen molar-refractivity contribution in [3.05, 3.63) is 0 Å². The fourth-order valence-electron chi connectivity index (χ4n) is 0.441. The molecule has 4 nitrogen and oxygen atoms in total. The lowest BCUT2D eigenvalue weighted by molar-refractivity contribution is -0.139. The maximum Gasteiger partial charge on any atom is 0.318 e. The Labute approximate surface area is 68.8 Å². The van der Waals surface area contributed by atoms with E-state index in [2.05, 4.69) is 4.43 Å². The Morgan fingerprint density at radius 1 is 1.45 bits per heavy atom. The van der Waals surface area contributed by atoms with Crippen molar-refractivity contribution in [2.75, 3.05) is 26.9 Å². The molecule has 0 aromatic rings. The van der Waals surface area contributed by atoms with Gasteiger partial charge < -0.3 is 13.9 Å². The van der Waals surface area contributed by atoms with Crippen molar-refractivity contribution in [2.24, 2.45) is 0 Å². The fraction of sp³-hybridized carbons (Fsp3) is 0.833. The van der Waals surface area contributed by atoms with Crippen LogP contribution >= 0.6 is 0 Å². The van der Waals surface area contributed by atoms with Crippen LogP contribution in [0.25, 0.3) is 0 Å². The molecule has 0 unspecified atom stereocenters. The van der Waals surface area contributed by atoms with Crippen molar-refractivity contribution in [1.29, 1.82) is 0 Å². The largest absolute Gasteiger partial charge is 0.515 e. The number of carbonyl (C=O) groups excluding carboxylic acids is 1. The number of hydrogen-bond donors (Lipinski definition) is 0. The summed E-state index contributed by atoms with van der Waals surface area (Å²) in [5.41, 5.74) is 0. The quantitative estimate of drug-likeness (QED) is 0.417. The third-order valence-electron chi connectivity index (χ3n) is 0.868. The Bertz CT molecular complexity index is 107. The minimum Gasteiger partial charge on any atom is -0.515 e. The van der Waals surface area contributed by atoms with Crippen molar-refractivity contribution in [2.45, 2.75) is 6.55 Å². The van der Waals surface area contributed by atoms with Gasteiger partial charge in [0, 0.05) is 7.11 Å². The lowest BCUT2D eigenvalue weighted by Gasteiger charge is -2.02. The Balaban J connectivity index is 3.04. The third-order valence-corrected chi connectivity index (χ3v) is 1.30. The summed E-state index contributed by atoms with van der Waals surface area (Å²) in [6.07, 6.45) is 0. The summed E-state index contributed by atoms with van der Waals surface area (Å²) >= 11 is 0. The van der Waals surface area contributed by atoms with Gasteiger partial charge in [-0.25, -0.2) is 0 Å². The van der Waals surface area contributed by atoms with Crippen molar-refractivity contribution < 1.29 is 18.7 Å². The summed E-state index contributed by atoms with van der Waals surface area (Å²) in [5.74, 6) is -0.318. The van der Waals surface area contributed by atoms with Crippen molar-refractivity contribution >= 4 is 15.7 Å². The van der Waals surface area contributed by atoms with Gasteiger partial charge in [-0.3, -0.25) is 4.79 Å². The Kier molecular flexibility index (Phi) is 7.44. The molecule has 0 amide bonds. The van der Waals surface area contributed by atoms with E-state index < -0.39 is 0 Å². The van der Waals surface area contributed by atoms with Gasteiger partial charge >= 0.3 is 15.7 Å². The van der Waals surface area contributed by atoms with Gasteiger partial charge in [-0.15, -0.1) is 0 Å². The lowest BCUT2D eigenvalue weighted by atomic mass is 10.7. The molecule has 0 aromatic heterocycles. The molecule has 0 fully saturated rings. The standard InChI is InChI=1S/C6H12O4Si/c1-8-3-4-9-5-6(7)10-11-2/h3-5H2,1-2H3. The summed E-state index contributed by atoms with van der Waals surface area (Å²) < 4.78 is 14.2. The molecular formula is C6H12O4Si. The first kappa shape index (κ1) is 10.6. The molecule has 0 aromatic carbocycles. The van der Waals surface area contributed by atoms with E-state index in [9.17, 15) is 4.79 Å². The predicted molar refractivity (Wildman–Crippen MR) is 40.4 cm³/mol. The van der Waals surface area contributed by atoms with Gasteiger partial charge in [0.25, 0.3) is 0 Å². The maximum atomic E-state index is 10.6. The van der Waals surface area contributed by atoms with E-state index in [-0.39, 0.29) is 22.3 Å². The molecule has 0 saturated heterocycles. The molecular weight excluding hydrogens is 164 g/mol. The minimum atomic E-state index is -0.318. The molecule has 0 rings (SSSR count). The molecule has 0 aliphatic rings. The average Bonchev–Trinajstić information content (AvgIpc) is 1.99. The van der Waals surface area contributed by atoms with Crippen molar-refractivity contribution in [3.8, 4) is 0 Å². The molecule has 0 N–H and O–H groups in total. The molecule has 0 aliphatic carbocycles. The second-order valence-electron chi connectivity index (χ2n) is 1.72. The van der Waals surface area contributed by atoms with Crippen LogP contribution in [0.2, 0.25) is 6.55 Å². The molecule has 64 valence electrons. The van der Waals surface area contributed by atoms with E-state index in [1.165, 1.54) is 0 Å². The first-order chi connectivity index (χ1) is 5.31. The second-order valence-corrected chi connectivity index (χ2v) is 2.34. The minimum absolute atomic E-state index is 0.0181. The average molecular weight is 176 g/mol.